The number of carbonyl (C=O) groups is 1. The monoisotopic (exact) mass is 402 g/mol. The predicted octanol–water partition coefficient (Wildman–Crippen LogP) is 4.07. The fourth-order valence-corrected chi connectivity index (χ4v) is 4.09. The zero-order valence-corrected chi connectivity index (χ0v) is 17.9. The number of rotatable bonds is 7. The van der Waals surface area contributed by atoms with Gasteiger partial charge in [0, 0.05) is 24.3 Å². The molecule has 1 fully saturated rings. The summed E-state index contributed by atoms with van der Waals surface area (Å²) in [7, 11) is 0. The van der Waals surface area contributed by atoms with Crippen molar-refractivity contribution in [2.75, 3.05) is 13.1 Å². The van der Waals surface area contributed by atoms with E-state index in [2.05, 4.69) is 52.6 Å². The normalized spacial score (nSPS) is 14.2. The number of benzene rings is 2. The average Bonchev–Trinajstić information content (AvgIpc) is 3.36. The second kappa shape index (κ2) is 9.26. The molecule has 3 aromatic rings. The molecule has 5 heteroatoms. The van der Waals surface area contributed by atoms with Crippen LogP contribution in [0.2, 0.25) is 0 Å². The fraction of sp³-hybridized carbons (Fsp3) is 0.360. The molecule has 0 bridgehead atoms. The number of amides is 1. The number of aromatic nitrogens is 2. The Kier molecular flexibility index (Phi) is 6.29. The Bertz CT molecular complexity index is 1000. The van der Waals surface area contributed by atoms with Crippen molar-refractivity contribution in [1.29, 1.82) is 0 Å². The highest BCUT2D eigenvalue weighted by Crippen LogP contribution is 2.14. The Morgan fingerprint density at radius 3 is 2.37 bits per heavy atom. The van der Waals surface area contributed by atoms with Crippen LogP contribution in [0.5, 0.6) is 0 Å². The summed E-state index contributed by atoms with van der Waals surface area (Å²) < 4.78 is 1.99. The van der Waals surface area contributed by atoms with Crippen LogP contribution in [0.15, 0.2) is 54.6 Å². The lowest BCUT2D eigenvalue weighted by atomic mass is 10.1. The molecular formula is C25H30N4O. The molecule has 0 aliphatic carbocycles. The van der Waals surface area contributed by atoms with Crippen molar-refractivity contribution in [3.63, 3.8) is 0 Å². The third-order valence-corrected chi connectivity index (χ3v) is 5.70. The maximum Gasteiger partial charge on any atom is 0.251 e. The topological polar surface area (TPSA) is 50.2 Å². The van der Waals surface area contributed by atoms with E-state index in [0.717, 1.165) is 29.1 Å². The lowest BCUT2D eigenvalue weighted by molar-refractivity contribution is 0.0951. The summed E-state index contributed by atoms with van der Waals surface area (Å²) in [5.41, 5.74) is 6.43. The smallest absolute Gasteiger partial charge is 0.251 e. The molecule has 30 heavy (non-hydrogen) atoms. The van der Waals surface area contributed by atoms with E-state index in [1.807, 2.05) is 35.9 Å². The van der Waals surface area contributed by atoms with Gasteiger partial charge >= 0.3 is 0 Å². The summed E-state index contributed by atoms with van der Waals surface area (Å²) in [5, 5.41) is 7.55. The van der Waals surface area contributed by atoms with Crippen LogP contribution < -0.4 is 5.32 Å². The third-order valence-electron chi connectivity index (χ3n) is 5.70. The second-order valence-corrected chi connectivity index (χ2v) is 8.27. The first-order chi connectivity index (χ1) is 14.6. The van der Waals surface area contributed by atoms with E-state index in [0.29, 0.717) is 18.7 Å². The Morgan fingerprint density at radius 2 is 1.67 bits per heavy atom. The van der Waals surface area contributed by atoms with Crippen LogP contribution in [-0.2, 0) is 19.6 Å². The molecule has 2 aromatic carbocycles. The summed E-state index contributed by atoms with van der Waals surface area (Å²) in [5.74, 6) is -0.0439. The summed E-state index contributed by atoms with van der Waals surface area (Å²) in [4.78, 5) is 15.1. The number of nitrogens with one attached hydrogen (secondary N) is 1. The number of aryl methyl sites for hydroxylation is 2. The molecule has 1 aliphatic rings. The Morgan fingerprint density at radius 1 is 0.933 bits per heavy atom. The number of carbonyl (C=O) groups excluding carboxylic acids is 1. The summed E-state index contributed by atoms with van der Waals surface area (Å²) in [6.45, 7) is 8.69. The number of likely N-dealkylation sites (tertiary alicyclic amines) is 1. The van der Waals surface area contributed by atoms with E-state index >= 15 is 0 Å². The molecule has 1 aromatic heterocycles. The van der Waals surface area contributed by atoms with Gasteiger partial charge in [0.2, 0.25) is 0 Å². The van der Waals surface area contributed by atoms with Gasteiger partial charge in [-0.2, -0.15) is 5.10 Å². The summed E-state index contributed by atoms with van der Waals surface area (Å²) in [6.07, 6.45) is 2.60. The van der Waals surface area contributed by atoms with Gasteiger partial charge in [0.1, 0.15) is 0 Å². The second-order valence-electron chi connectivity index (χ2n) is 8.27. The van der Waals surface area contributed by atoms with E-state index < -0.39 is 0 Å². The predicted molar refractivity (Wildman–Crippen MR) is 119 cm³/mol. The van der Waals surface area contributed by atoms with Gasteiger partial charge < -0.3 is 5.32 Å². The van der Waals surface area contributed by atoms with Gasteiger partial charge in [-0.05, 0) is 74.7 Å². The van der Waals surface area contributed by atoms with Crippen molar-refractivity contribution in [3.05, 3.63) is 88.2 Å². The average molecular weight is 403 g/mol. The summed E-state index contributed by atoms with van der Waals surface area (Å²) >= 11 is 0. The molecule has 0 spiro atoms. The Hall–Kier alpha value is -2.92. The molecular weight excluding hydrogens is 372 g/mol. The molecule has 1 amide bonds. The maximum atomic E-state index is 12.6. The zero-order chi connectivity index (χ0) is 20.9. The largest absolute Gasteiger partial charge is 0.348 e. The number of hydrogen-bond acceptors (Lipinski definition) is 3. The van der Waals surface area contributed by atoms with E-state index in [1.54, 1.807) is 0 Å². The van der Waals surface area contributed by atoms with Crippen molar-refractivity contribution < 1.29 is 4.79 Å². The van der Waals surface area contributed by atoms with Crippen LogP contribution in [0, 0.1) is 13.8 Å². The van der Waals surface area contributed by atoms with Crippen LogP contribution >= 0.6 is 0 Å². The number of nitrogens with zero attached hydrogens (tertiary/aromatic N) is 3. The van der Waals surface area contributed by atoms with Crippen LogP contribution in [-0.4, -0.2) is 33.7 Å². The maximum absolute atomic E-state index is 12.6. The van der Waals surface area contributed by atoms with Crippen LogP contribution in [0.4, 0.5) is 0 Å². The molecule has 1 N–H and O–H groups in total. The van der Waals surface area contributed by atoms with Gasteiger partial charge in [-0.15, -0.1) is 0 Å². The van der Waals surface area contributed by atoms with Crippen molar-refractivity contribution in [1.82, 2.24) is 20.0 Å². The highest BCUT2D eigenvalue weighted by Gasteiger charge is 2.12. The molecule has 0 unspecified atom stereocenters. The van der Waals surface area contributed by atoms with E-state index in [4.69, 9.17) is 0 Å². The number of hydrogen-bond donors (Lipinski definition) is 1. The molecule has 5 nitrogen and oxygen atoms in total. The molecule has 0 atom stereocenters. The van der Waals surface area contributed by atoms with Crippen molar-refractivity contribution in [2.45, 2.75) is 46.3 Å². The Labute approximate surface area is 178 Å². The van der Waals surface area contributed by atoms with Crippen molar-refractivity contribution >= 4 is 5.91 Å². The third kappa shape index (κ3) is 5.16. The zero-order valence-electron chi connectivity index (χ0n) is 17.9. The fourth-order valence-electron chi connectivity index (χ4n) is 4.09. The quantitative estimate of drug-likeness (QED) is 0.648. The van der Waals surface area contributed by atoms with Gasteiger partial charge in [-0.25, -0.2) is 0 Å². The highest BCUT2D eigenvalue weighted by molar-refractivity contribution is 5.94. The molecule has 4 rings (SSSR count). The molecule has 156 valence electrons. The first-order valence-electron chi connectivity index (χ1n) is 10.8. The molecule has 2 heterocycles. The van der Waals surface area contributed by atoms with E-state index in [1.165, 1.54) is 31.5 Å². The lowest BCUT2D eigenvalue weighted by Crippen LogP contribution is -2.23. The first-order valence-corrected chi connectivity index (χ1v) is 10.8. The van der Waals surface area contributed by atoms with Gasteiger partial charge in [-0.1, -0.05) is 36.4 Å². The lowest BCUT2D eigenvalue weighted by Gasteiger charge is -2.15. The van der Waals surface area contributed by atoms with Crippen LogP contribution in [0.1, 0.15) is 51.3 Å². The molecule has 1 aliphatic heterocycles. The minimum atomic E-state index is -0.0439. The minimum absolute atomic E-state index is 0.0439. The molecule has 0 saturated carbocycles. The highest BCUT2D eigenvalue weighted by atomic mass is 16.1. The van der Waals surface area contributed by atoms with Gasteiger partial charge in [0.25, 0.3) is 5.91 Å². The van der Waals surface area contributed by atoms with Crippen molar-refractivity contribution in [2.24, 2.45) is 0 Å². The SMILES string of the molecule is Cc1cc(C)n(Cc2ccc(C(=O)NCc3cccc(CN4CCCC4)c3)cc2)n1. The summed E-state index contributed by atoms with van der Waals surface area (Å²) in [6, 6.07) is 18.4. The minimum Gasteiger partial charge on any atom is -0.348 e. The molecule has 1 saturated heterocycles. The van der Waals surface area contributed by atoms with Gasteiger partial charge in [0.15, 0.2) is 0 Å². The van der Waals surface area contributed by atoms with E-state index in [-0.39, 0.29) is 5.91 Å². The Balaban J connectivity index is 1.32. The molecule has 0 radical (unpaired) electrons. The first kappa shape index (κ1) is 20.4. The van der Waals surface area contributed by atoms with Crippen LogP contribution in [0.3, 0.4) is 0 Å². The van der Waals surface area contributed by atoms with Gasteiger partial charge in [0.05, 0.1) is 12.2 Å². The van der Waals surface area contributed by atoms with Crippen LogP contribution in [0.25, 0.3) is 0 Å². The standard InChI is InChI=1S/C25H30N4O/c1-19-14-20(2)29(27-19)18-21-8-10-24(11-9-21)25(30)26-16-22-6-5-7-23(15-22)17-28-12-3-4-13-28/h5-11,14-15H,3-4,12-13,16-18H2,1-2H3,(H,26,30). The van der Waals surface area contributed by atoms with Gasteiger partial charge in [-0.3, -0.25) is 14.4 Å². The van der Waals surface area contributed by atoms with E-state index in [9.17, 15) is 4.79 Å². The van der Waals surface area contributed by atoms with Crippen molar-refractivity contribution in [3.8, 4) is 0 Å².